The van der Waals surface area contributed by atoms with Crippen molar-refractivity contribution < 1.29 is 9.53 Å². The number of pyridine rings is 2. The van der Waals surface area contributed by atoms with Crippen molar-refractivity contribution in [3.8, 4) is 11.5 Å². The van der Waals surface area contributed by atoms with E-state index < -0.39 is 0 Å². The molecule has 2 aromatic heterocycles. The van der Waals surface area contributed by atoms with E-state index in [-0.39, 0.29) is 5.91 Å². The van der Waals surface area contributed by atoms with Gasteiger partial charge in [0.15, 0.2) is 0 Å². The van der Waals surface area contributed by atoms with Gasteiger partial charge in [0.1, 0.15) is 17.3 Å². The Hall–Kier alpha value is -3.93. The molecule has 1 aliphatic heterocycles. The number of hydrogen-bond donors (Lipinski definition) is 1. The Labute approximate surface area is 180 Å². The first-order valence-electron chi connectivity index (χ1n) is 10.4. The maximum absolute atomic E-state index is 13.2. The van der Waals surface area contributed by atoms with Gasteiger partial charge in [0.25, 0.3) is 5.91 Å². The highest BCUT2D eigenvalue weighted by Crippen LogP contribution is 2.28. The highest BCUT2D eigenvalue weighted by atomic mass is 16.5. The number of carbonyl (C=O) groups excluding carboxylic acids is 1. The lowest BCUT2D eigenvalue weighted by Crippen LogP contribution is -2.24. The van der Waals surface area contributed by atoms with Gasteiger partial charge in [-0.25, -0.2) is 4.98 Å². The van der Waals surface area contributed by atoms with Crippen LogP contribution < -0.4 is 15.0 Å². The minimum Gasteiger partial charge on any atom is -0.457 e. The first-order chi connectivity index (χ1) is 15.3. The van der Waals surface area contributed by atoms with Crippen LogP contribution in [0.4, 0.5) is 11.5 Å². The lowest BCUT2D eigenvalue weighted by Gasteiger charge is -2.20. The number of carbonyl (C=O) groups is 1. The van der Waals surface area contributed by atoms with Crippen molar-refractivity contribution in [1.82, 2.24) is 9.97 Å². The summed E-state index contributed by atoms with van der Waals surface area (Å²) in [4.78, 5) is 24.2. The number of benzene rings is 2. The van der Waals surface area contributed by atoms with Gasteiger partial charge in [-0.05, 0) is 61.4 Å². The van der Waals surface area contributed by atoms with Gasteiger partial charge in [0, 0.05) is 36.6 Å². The number of para-hydroxylation sites is 1. The third-order valence-corrected chi connectivity index (χ3v) is 5.35. The van der Waals surface area contributed by atoms with Crippen LogP contribution in [0.25, 0.3) is 10.9 Å². The smallest absolute Gasteiger partial charge is 0.259 e. The Morgan fingerprint density at radius 2 is 1.61 bits per heavy atom. The average molecular weight is 410 g/mol. The number of rotatable bonds is 5. The zero-order chi connectivity index (χ0) is 21.0. The van der Waals surface area contributed by atoms with Crippen molar-refractivity contribution >= 4 is 28.3 Å². The maximum Gasteiger partial charge on any atom is 0.259 e. The fourth-order valence-corrected chi connectivity index (χ4v) is 3.79. The SMILES string of the molecule is O=C(Nc1ccc(Oc2ccncc2)cc1)c1cc2ccccc2nc1N1CCCC1. The highest BCUT2D eigenvalue weighted by Gasteiger charge is 2.22. The van der Waals surface area contributed by atoms with Crippen molar-refractivity contribution in [3.63, 3.8) is 0 Å². The quantitative estimate of drug-likeness (QED) is 0.485. The molecule has 0 bridgehead atoms. The minimum absolute atomic E-state index is 0.164. The number of amides is 1. The van der Waals surface area contributed by atoms with Crippen molar-refractivity contribution in [2.75, 3.05) is 23.3 Å². The molecule has 5 rings (SSSR count). The van der Waals surface area contributed by atoms with E-state index in [1.807, 2.05) is 54.6 Å². The normalized spacial score (nSPS) is 13.4. The van der Waals surface area contributed by atoms with Crippen LogP contribution in [0, 0.1) is 0 Å². The number of nitrogens with zero attached hydrogens (tertiary/aromatic N) is 3. The van der Waals surface area contributed by atoms with E-state index >= 15 is 0 Å². The molecule has 1 N–H and O–H groups in total. The van der Waals surface area contributed by atoms with Crippen molar-refractivity contribution in [2.45, 2.75) is 12.8 Å². The van der Waals surface area contributed by atoms with Crippen LogP contribution in [0.3, 0.4) is 0 Å². The van der Waals surface area contributed by atoms with Gasteiger partial charge in [0.2, 0.25) is 0 Å². The van der Waals surface area contributed by atoms with E-state index in [1.54, 1.807) is 24.5 Å². The van der Waals surface area contributed by atoms with E-state index in [1.165, 1.54) is 0 Å². The zero-order valence-corrected chi connectivity index (χ0v) is 17.0. The molecule has 154 valence electrons. The largest absolute Gasteiger partial charge is 0.457 e. The standard InChI is InChI=1S/C25H22N4O2/c30-25(27-19-7-9-20(10-8-19)31-21-11-13-26-14-12-21)22-17-18-5-1-2-6-23(18)28-24(22)29-15-3-4-16-29/h1-2,5-14,17H,3-4,15-16H2,(H,27,30). The van der Waals surface area contributed by atoms with Gasteiger partial charge in [-0.15, -0.1) is 0 Å². The Morgan fingerprint density at radius 1 is 0.903 bits per heavy atom. The monoisotopic (exact) mass is 410 g/mol. The second-order valence-corrected chi connectivity index (χ2v) is 7.51. The summed E-state index contributed by atoms with van der Waals surface area (Å²) >= 11 is 0. The summed E-state index contributed by atoms with van der Waals surface area (Å²) in [5, 5.41) is 3.96. The number of aromatic nitrogens is 2. The lowest BCUT2D eigenvalue weighted by molar-refractivity contribution is 0.102. The van der Waals surface area contributed by atoms with E-state index in [0.717, 1.165) is 42.7 Å². The summed E-state index contributed by atoms with van der Waals surface area (Å²) in [6.45, 7) is 1.85. The van der Waals surface area contributed by atoms with Crippen LogP contribution in [0.1, 0.15) is 23.2 Å². The van der Waals surface area contributed by atoms with Crippen LogP contribution in [-0.2, 0) is 0 Å². The molecule has 0 spiro atoms. The Morgan fingerprint density at radius 3 is 2.39 bits per heavy atom. The van der Waals surface area contributed by atoms with Gasteiger partial charge >= 0.3 is 0 Å². The predicted molar refractivity (Wildman–Crippen MR) is 122 cm³/mol. The van der Waals surface area contributed by atoms with E-state index in [0.29, 0.717) is 22.7 Å². The fraction of sp³-hybridized carbons (Fsp3) is 0.160. The molecule has 0 radical (unpaired) electrons. The molecule has 1 saturated heterocycles. The Balaban J connectivity index is 1.39. The molecule has 4 aromatic rings. The summed E-state index contributed by atoms with van der Waals surface area (Å²) in [5.41, 5.74) is 2.20. The Kier molecular flexibility index (Phi) is 5.19. The van der Waals surface area contributed by atoms with Crippen molar-refractivity contribution in [3.05, 3.63) is 84.7 Å². The van der Waals surface area contributed by atoms with E-state index in [2.05, 4.69) is 15.2 Å². The van der Waals surface area contributed by atoms with Gasteiger partial charge in [-0.1, -0.05) is 18.2 Å². The minimum atomic E-state index is -0.164. The van der Waals surface area contributed by atoms with Crippen molar-refractivity contribution in [2.24, 2.45) is 0 Å². The van der Waals surface area contributed by atoms with Crippen LogP contribution in [-0.4, -0.2) is 29.0 Å². The molecule has 0 atom stereocenters. The third-order valence-electron chi connectivity index (χ3n) is 5.35. The van der Waals surface area contributed by atoms with Crippen LogP contribution in [0.15, 0.2) is 79.1 Å². The molecule has 2 aromatic carbocycles. The molecule has 0 saturated carbocycles. The molecular weight excluding hydrogens is 388 g/mol. The lowest BCUT2D eigenvalue weighted by atomic mass is 10.1. The van der Waals surface area contributed by atoms with Crippen LogP contribution in [0.5, 0.6) is 11.5 Å². The predicted octanol–water partition coefficient (Wildman–Crippen LogP) is 5.27. The summed E-state index contributed by atoms with van der Waals surface area (Å²) in [6, 6.07) is 20.7. The molecule has 1 fully saturated rings. The number of nitrogens with one attached hydrogen (secondary N) is 1. The second-order valence-electron chi connectivity index (χ2n) is 7.51. The van der Waals surface area contributed by atoms with E-state index in [4.69, 9.17) is 9.72 Å². The molecule has 31 heavy (non-hydrogen) atoms. The molecule has 0 unspecified atom stereocenters. The van der Waals surface area contributed by atoms with Crippen molar-refractivity contribution in [1.29, 1.82) is 0 Å². The molecule has 1 aliphatic rings. The average Bonchev–Trinajstić information content (AvgIpc) is 3.35. The molecule has 6 heteroatoms. The molecule has 1 amide bonds. The summed E-state index contributed by atoms with van der Waals surface area (Å²) in [7, 11) is 0. The number of ether oxygens (including phenoxy) is 1. The molecule has 0 aliphatic carbocycles. The van der Waals surface area contributed by atoms with Crippen LogP contribution in [0.2, 0.25) is 0 Å². The zero-order valence-electron chi connectivity index (χ0n) is 17.0. The van der Waals surface area contributed by atoms with Gasteiger partial charge in [0.05, 0.1) is 11.1 Å². The van der Waals surface area contributed by atoms with Gasteiger partial charge in [-0.2, -0.15) is 0 Å². The van der Waals surface area contributed by atoms with E-state index in [9.17, 15) is 4.79 Å². The molecule has 6 nitrogen and oxygen atoms in total. The Bertz CT molecular complexity index is 1200. The first-order valence-corrected chi connectivity index (χ1v) is 10.4. The van der Waals surface area contributed by atoms with Gasteiger partial charge in [-0.3, -0.25) is 9.78 Å². The second kappa shape index (κ2) is 8.44. The molecular formula is C25H22N4O2. The van der Waals surface area contributed by atoms with Gasteiger partial charge < -0.3 is 15.0 Å². The summed E-state index contributed by atoms with van der Waals surface area (Å²) in [5.74, 6) is 1.99. The van der Waals surface area contributed by atoms with Crippen LogP contribution >= 0.6 is 0 Å². The summed E-state index contributed by atoms with van der Waals surface area (Å²) in [6.07, 6.45) is 5.60. The third kappa shape index (κ3) is 4.19. The number of anilines is 2. The molecule has 3 heterocycles. The summed E-state index contributed by atoms with van der Waals surface area (Å²) < 4.78 is 5.79. The number of hydrogen-bond acceptors (Lipinski definition) is 5. The maximum atomic E-state index is 13.2. The highest BCUT2D eigenvalue weighted by molar-refractivity contribution is 6.09. The first kappa shape index (κ1) is 19.1. The topological polar surface area (TPSA) is 67.3 Å². The number of fused-ring (bicyclic) bond motifs is 1. The fourth-order valence-electron chi connectivity index (χ4n) is 3.79.